The van der Waals surface area contributed by atoms with E-state index < -0.39 is 0 Å². The van der Waals surface area contributed by atoms with Gasteiger partial charge in [-0.05, 0) is 48.5 Å². The highest BCUT2D eigenvalue weighted by molar-refractivity contribution is 8.01. The molecule has 0 amide bonds. The van der Waals surface area contributed by atoms with E-state index in [1.807, 2.05) is 0 Å². The minimum atomic E-state index is -0.375. The van der Waals surface area contributed by atoms with Crippen LogP contribution < -0.4 is 5.32 Å². The molecule has 0 aliphatic rings. The predicted octanol–water partition coefficient (Wildman–Crippen LogP) is 4.53. The van der Waals surface area contributed by atoms with Crippen LogP contribution in [0.2, 0.25) is 0 Å². The Morgan fingerprint density at radius 1 is 1.00 bits per heavy atom. The largest absolute Gasteiger partial charge is 0.330 e. The van der Waals surface area contributed by atoms with Gasteiger partial charge in [0.05, 0.1) is 5.75 Å². The van der Waals surface area contributed by atoms with Crippen LogP contribution in [-0.4, -0.2) is 21.7 Å². The first-order valence-corrected chi connectivity index (χ1v) is 8.68. The molecule has 0 saturated heterocycles. The minimum absolute atomic E-state index is 0.108. The van der Waals surface area contributed by atoms with Crippen molar-refractivity contribution in [2.45, 2.75) is 4.34 Å². The average Bonchev–Trinajstić information content (AvgIpc) is 3.03. The summed E-state index contributed by atoms with van der Waals surface area (Å²) in [6.07, 6.45) is 0. The van der Waals surface area contributed by atoms with Crippen molar-refractivity contribution in [1.82, 2.24) is 10.2 Å². The number of halogens is 2. The van der Waals surface area contributed by atoms with Gasteiger partial charge in [0, 0.05) is 11.3 Å². The monoisotopic (exact) mass is 363 g/mol. The molecule has 0 aliphatic carbocycles. The van der Waals surface area contributed by atoms with E-state index in [0.29, 0.717) is 20.7 Å². The highest BCUT2D eigenvalue weighted by atomic mass is 32.2. The topological polar surface area (TPSA) is 54.9 Å². The molecule has 8 heteroatoms. The first-order chi connectivity index (χ1) is 11.6. The number of hydrogen-bond acceptors (Lipinski definition) is 6. The predicted molar refractivity (Wildman–Crippen MR) is 91.0 cm³/mol. The van der Waals surface area contributed by atoms with Crippen molar-refractivity contribution in [1.29, 1.82) is 0 Å². The Bertz CT molecular complexity index is 835. The number of carbonyl (C=O) groups excluding carboxylic acids is 1. The quantitative estimate of drug-likeness (QED) is 0.515. The molecule has 4 nitrogen and oxygen atoms in total. The number of Topliss-reactive ketones (excluding diaryl/α,β-unsaturated/α-hetero) is 1. The van der Waals surface area contributed by atoms with E-state index in [0.717, 1.165) is 0 Å². The number of aromatic nitrogens is 2. The summed E-state index contributed by atoms with van der Waals surface area (Å²) in [6.45, 7) is 0. The zero-order valence-electron chi connectivity index (χ0n) is 12.2. The maximum Gasteiger partial charge on any atom is 0.210 e. The Morgan fingerprint density at radius 2 is 1.62 bits per heavy atom. The van der Waals surface area contributed by atoms with Crippen molar-refractivity contribution in [2.75, 3.05) is 11.1 Å². The van der Waals surface area contributed by atoms with E-state index in [9.17, 15) is 13.6 Å². The second kappa shape index (κ2) is 7.50. The maximum atomic E-state index is 12.9. The summed E-state index contributed by atoms with van der Waals surface area (Å²) in [5, 5.41) is 11.5. The van der Waals surface area contributed by atoms with Crippen molar-refractivity contribution < 1.29 is 13.6 Å². The van der Waals surface area contributed by atoms with Crippen LogP contribution in [0.4, 0.5) is 19.6 Å². The van der Waals surface area contributed by atoms with Gasteiger partial charge in [-0.1, -0.05) is 23.1 Å². The van der Waals surface area contributed by atoms with Crippen LogP contribution in [0.5, 0.6) is 0 Å². The molecular formula is C16H11F2N3OS2. The molecule has 0 aliphatic heterocycles. The number of anilines is 2. The second-order valence-electron chi connectivity index (χ2n) is 4.72. The molecule has 1 aromatic heterocycles. The van der Waals surface area contributed by atoms with Crippen LogP contribution >= 0.6 is 23.1 Å². The molecule has 0 fully saturated rings. The lowest BCUT2D eigenvalue weighted by Gasteiger charge is -2.00. The Hall–Kier alpha value is -2.32. The molecule has 1 N–H and O–H groups in total. The van der Waals surface area contributed by atoms with Gasteiger partial charge in [-0.3, -0.25) is 4.79 Å². The summed E-state index contributed by atoms with van der Waals surface area (Å²) in [7, 11) is 0. The summed E-state index contributed by atoms with van der Waals surface area (Å²) in [4.78, 5) is 12.0. The van der Waals surface area contributed by atoms with Gasteiger partial charge in [0.2, 0.25) is 5.13 Å². The molecule has 0 unspecified atom stereocenters. The molecule has 122 valence electrons. The van der Waals surface area contributed by atoms with Crippen LogP contribution in [-0.2, 0) is 0 Å². The van der Waals surface area contributed by atoms with Crippen LogP contribution in [0.25, 0.3) is 0 Å². The fraction of sp³-hybridized carbons (Fsp3) is 0.0625. The smallest absolute Gasteiger partial charge is 0.210 e. The number of hydrogen-bond donors (Lipinski definition) is 1. The van der Waals surface area contributed by atoms with E-state index in [2.05, 4.69) is 15.5 Å². The van der Waals surface area contributed by atoms with Gasteiger partial charge in [-0.2, -0.15) is 0 Å². The fourth-order valence-electron chi connectivity index (χ4n) is 1.82. The minimum Gasteiger partial charge on any atom is -0.330 e. The summed E-state index contributed by atoms with van der Waals surface area (Å²) in [5.74, 6) is -0.604. The number of thioether (sulfide) groups is 1. The summed E-state index contributed by atoms with van der Waals surface area (Å²) in [6, 6.07) is 11.3. The maximum absolute atomic E-state index is 12.9. The molecule has 0 radical (unpaired) electrons. The number of rotatable bonds is 6. The third-order valence-corrected chi connectivity index (χ3v) is 4.97. The lowest BCUT2D eigenvalue weighted by Crippen LogP contribution is -2.01. The van der Waals surface area contributed by atoms with E-state index in [1.165, 1.54) is 59.5 Å². The van der Waals surface area contributed by atoms with E-state index >= 15 is 0 Å². The number of nitrogens with one attached hydrogen (secondary N) is 1. The van der Waals surface area contributed by atoms with Gasteiger partial charge in [0.25, 0.3) is 0 Å². The Labute approximate surface area is 144 Å². The van der Waals surface area contributed by atoms with Gasteiger partial charge in [0.1, 0.15) is 11.6 Å². The van der Waals surface area contributed by atoms with Crippen molar-refractivity contribution in [3.05, 3.63) is 65.7 Å². The van der Waals surface area contributed by atoms with Gasteiger partial charge in [0.15, 0.2) is 10.1 Å². The summed E-state index contributed by atoms with van der Waals surface area (Å²) in [5.41, 5.74) is 1.16. The standard InChI is InChI=1S/C16H11F2N3OS2/c17-11-3-1-10(2-4-11)14(22)9-23-16-21-20-15(24-16)19-13-7-5-12(18)6-8-13/h1-8H,9H2,(H,19,20). The third kappa shape index (κ3) is 4.36. The van der Waals surface area contributed by atoms with Crippen LogP contribution in [0.3, 0.4) is 0 Å². The Balaban J connectivity index is 1.56. The van der Waals surface area contributed by atoms with Crippen LogP contribution in [0.15, 0.2) is 52.9 Å². The normalized spacial score (nSPS) is 10.6. The molecule has 2 aromatic carbocycles. The first-order valence-electron chi connectivity index (χ1n) is 6.88. The first kappa shape index (κ1) is 16.5. The van der Waals surface area contributed by atoms with Crippen molar-refractivity contribution in [2.24, 2.45) is 0 Å². The molecule has 0 bridgehead atoms. The van der Waals surface area contributed by atoms with E-state index in [-0.39, 0.29) is 23.2 Å². The third-order valence-electron chi connectivity index (χ3n) is 2.99. The Morgan fingerprint density at radius 3 is 2.29 bits per heavy atom. The van der Waals surface area contributed by atoms with Gasteiger partial charge < -0.3 is 5.32 Å². The lowest BCUT2D eigenvalue weighted by atomic mass is 10.1. The average molecular weight is 363 g/mol. The number of benzene rings is 2. The zero-order chi connectivity index (χ0) is 16.9. The zero-order valence-corrected chi connectivity index (χ0v) is 13.8. The molecule has 3 rings (SSSR count). The number of ketones is 1. The second-order valence-corrected chi connectivity index (χ2v) is 6.92. The molecular weight excluding hydrogens is 352 g/mol. The highest BCUT2D eigenvalue weighted by Gasteiger charge is 2.10. The van der Waals surface area contributed by atoms with Crippen molar-refractivity contribution in [3.63, 3.8) is 0 Å². The summed E-state index contributed by atoms with van der Waals surface area (Å²) >= 11 is 2.56. The molecule has 0 atom stereocenters. The highest BCUT2D eigenvalue weighted by Crippen LogP contribution is 2.28. The van der Waals surface area contributed by atoms with Crippen LogP contribution in [0, 0.1) is 11.6 Å². The molecule has 3 aromatic rings. The fourth-order valence-corrected chi connectivity index (χ4v) is 3.49. The van der Waals surface area contributed by atoms with E-state index in [4.69, 9.17) is 0 Å². The van der Waals surface area contributed by atoms with Gasteiger partial charge in [-0.15, -0.1) is 10.2 Å². The van der Waals surface area contributed by atoms with Crippen molar-refractivity contribution in [3.8, 4) is 0 Å². The SMILES string of the molecule is O=C(CSc1nnc(Nc2ccc(F)cc2)s1)c1ccc(F)cc1. The number of nitrogens with zero attached hydrogens (tertiary/aromatic N) is 2. The molecule has 0 spiro atoms. The Kier molecular flexibility index (Phi) is 5.17. The van der Waals surface area contributed by atoms with Crippen molar-refractivity contribution >= 4 is 39.7 Å². The lowest BCUT2D eigenvalue weighted by molar-refractivity contribution is 0.102. The number of carbonyl (C=O) groups is 1. The molecule has 1 heterocycles. The molecule has 24 heavy (non-hydrogen) atoms. The van der Waals surface area contributed by atoms with Gasteiger partial charge >= 0.3 is 0 Å². The van der Waals surface area contributed by atoms with E-state index in [1.54, 1.807) is 12.1 Å². The molecule has 0 saturated carbocycles. The summed E-state index contributed by atoms with van der Waals surface area (Å²) < 4.78 is 26.3. The van der Waals surface area contributed by atoms with Gasteiger partial charge in [-0.25, -0.2) is 8.78 Å². The van der Waals surface area contributed by atoms with Crippen LogP contribution in [0.1, 0.15) is 10.4 Å².